The highest BCUT2D eigenvalue weighted by atomic mass is 16.6. The Morgan fingerprint density at radius 3 is 3.00 bits per heavy atom. The molecule has 0 aliphatic carbocycles. The van der Waals surface area contributed by atoms with Crippen molar-refractivity contribution < 1.29 is 9.53 Å². The number of rotatable bonds is 2. The van der Waals surface area contributed by atoms with Gasteiger partial charge in [0.25, 0.3) is 0 Å². The van der Waals surface area contributed by atoms with E-state index in [0.29, 0.717) is 12.6 Å². The van der Waals surface area contributed by atoms with E-state index in [9.17, 15) is 4.79 Å². The fraction of sp³-hybridized carbons (Fsp3) is 0.900. The summed E-state index contributed by atoms with van der Waals surface area (Å²) in [6.45, 7) is 3.83. The molecule has 14 heavy (non-hydrogen) atoms. The molecule has 80 valence electrons. The van der Waals surface area contributed by atoms with Gasteiger partial charge in [-0.15, -0.1) is 0 Å². The Bertz CT molecular complexity index is 244. The summed E-state index contributed by atoms with van der Waals surface area (Å²) in [5.41, 5.74) is -0.291. The molecule has 0 bridgehead atoms. The zero-order valence-electron chi connectivity index (χ0n) is 8.88. The lowest BCUT2D eigenvalue weighted by atomic mass is 9.96. The third kappa shape index (κ3) is 1.85. The average molecular weight is 198 g/mol. The highest BCUT2D eigenvalue weighted by molar-refractivity contribution is 5.70. The summed E-state index contributed by atoms with van der Waals surface area (Å²) in [7, 11) is 2.14. The lowest BCUT2D eigenvalue weighted by molar-refractivity contribution is 0.0464. The minimum atomic E-state index is -0.291. The summed E-state index contributed by atoms with van der Waals surface area (Å²) in [4.78, 5) is 13.3. The largest absolute Gasteiger partial charge is 0.441 e. The third-order valence-corrected chi connectivity index (χ3v) is 3.28. The monoisotopic (exact) mass is 198 g/mol. The molecular weight excluding hydrogens is 180 g/mol. The van der Waals surface area contributed by atoms with Crippen LogP contribution >= 0.6 is 0 Å². The Labute approximate surface area is 84.6 Å². The number of carbonyl (C=O) groups is 1. The number of alkyl carbamates (subject to hydrolysis) is 1. The fourth-order valence-electron chi connectivity index (χ4n) is 2.40. The molecule has 1 N–H and O–H groups in total. The SMILES string of the molecule is CN1CCCC1CC1(C)CNC(=O)O1. The van der Waals surface area contributed by atoms with Crippen LogP contribution in [0.3, 0.4) is 0 Å². The van der Waals surface area contributed by atoms with E-state index in [-0.39, 0.29) is 11.7 Å². The lowest BCUT2D eigenvalue weighted by Crippen LogP contribution is -2.38. The van der Waals surface area contributed by atoms with Crippen molar-refractivity contribution in [2.45, 2.75) is 37.8 Å². The summed E-state index contributed by atoms with van der Waals surface area (Å²) in [5, 5.41) is 2.72. The van der Waals surface area contributed by atoms with Gasteiger partial charge in [-0.2, -0.15) is 0 Å². The van der Waals surface area contributed by atoms with Crippen LogP contribution in [0, 0.1) is 0 Å². The summed E-state index contributed by atoms with van der Waals surface area (Å²) >= 11 is 0. The molecule has 2 heterocycles. The Kier molecular flexibility index (Phi) is 2.39. The molecule has 2 aliphatic heterocycles. The molecular formula is C10H18N2O2. The van der Waals surface area contributed by atoms with Gasteiger partial charge in [-0.05, 0) is 33.4 Å². The van der Waals surface area contributed by atoms with Crippen molar-refractivity contribution in [3.05, 3.63) is 0 Å². The first-order valence-corrected chi connectivity index (χ1v) is 5.26. The zero-order valence-corrected chi connectivity index (χ0v) is 8.88. The van der Waals surface area contributed by atoms with Gasteiger partial charge in [-0.3, -0.25) is 0 Å². The molecule has 4 heteroatoms. The van der Waals surface area contributed by atoms with Crippen molar-refractivity contribution in [3.8, 4) is 0 Å². The van der Waals surface area contributed by atoms with Gasteiger partial charge in [0, 0.05) is 12.5 Å². The van der Waals surface area contributed by atoms with Crippen LogP contribution in [-0.2, 0) is 4.74 Å². The molecule has 2 atom stereocenters. The molecule has 0 aromatic heterocycles. The van der Waals surface area contributed by atoms with Crippen LogP contribution in [0.4, 0.5) is 4.79 Å². The van der Waals surface area contributed by atoms with Gasteiger partial charge in [-0.25, -0.2) is 4.79 Å². The molecule has 1 amide bonds. The second-order valence-corrected chi connectivity index (χ2v) is 4.67. The van der Waals surface area contributed by atoms with E-state index in [1.807, 2.05) is 6.92 Å². The predicted molar refractivity (Wildman–Crippen MR) is 53.2 cm³/mol. The van der Waals surface area contributed by atoms with Crippen LogP contribution in [0.5, 0.6) is 0 Å². The van der Waals surface area contributed by atoms with Crippen molar-refractivity contribution in [2.24, 2.45) is 0 Å². The Balaban J connectivity index is 1.93. The van der Waals surface area contributed by atoms with Crippen LogP contribution in [-0.4, -0.2) is 42.8 Å². The predicted octanol–water partition coefficient (Wildman–Crippen LogP) is 0.969. The molecule has 2 fully saturated rings. The Hall–Kier alpha value is -0.770. The number of hydrogen-bond donors (Lipinski definition) is 1. The maximum Gasteiger partial charge on any atom is 0.407 e. The second kappa shape index (κ2) is 3.42. The Morgan fingerprint density at radius 1 is 1.71 bits per heavy atom. The van der Waals surface area contributed by atoms with E-state index in [4.69, 9.17) is 4.74 Å². The fourth-order valence-corrected chi connectivity index (χ4v) is 2.40. The maximum atomic E-state index is 11.0. The highest BCUT2D eigenvalue weighted by Gasteiger charge is 2.39. The van der Waals surface area contributed by atoms with Crippen LogP contribution in [0.1, 0.15) is 26.2 Å². The number of ether oxygens (including phenoxy) is 1. The van der Waals surface area contributed by atoms with Crippen molar-refractivity contribution in [1.82, 2.24) is 10.2 Å². The first-order valence-electron chi connectivity index (χ1n) is 5.26. The standard InChI is InChI=1S/C10H18N2O2/c1-10(7-11-9(13)14-10)6-8-4-3-5-12(8)2/h8H,3-7H2,1-2H3,(H,11,13). The van der Waals surface area contributed by atoms with Gasteiger partial charge in [0.05, 0.1) is 6.54 Å². The maximum absolute atomic E-state index is 11.0. The number of cyclic esters (lactones) is 1. The highest BCUT2D eigenvalue weighted by Crippen LogP contribution is 2.28. The topological polar surface area (TPSA) is 41.6 Å². The van der Waals surface area contributed by atoms with Crippen LogP contribution in [0.15, 0.2) is 0 Å². The molecule has 0 saturated carbocycles. The number of carbonyl (C=O) groups excluding carboxylic acids is 1. The van der Waals surface area contributed by atoms with Crippen LogP contribution in [0.25, 0.3) is 0 Å². The van der Waals surface area contributed by atoms with E-state index in [1.165, 1.54) is 19.4 Å². The average Bonchev–Trinajstić information content (AvgIpc) is 2.62. The summed E-state index contributed by atoms with van der Waals surface area (Å²) in [5.74, 6) is 0. The smallest absolute Gasteiger partial charge is 0.407 e. The Morgan fingerprint density at radius 2 is 2.50 bits per heavy atom. The summed E-state index contributed by atoms with van der Waals surface area (Å²) in [6.07, 6.45) is 3.16. The third-order valence-electron chi connectivity index (χ3n) is 3.28. The van der Waals surface area contributed by atoms with Crippen molar-refractivity contribution >= 4 is 6.09 Å². The molecule has 4 nitrogen and oxygen atoms in total. The van der Waals surface area contributed by atoms with E-state index in [0.717, 1.165) is 6.42 Å². The molecule has 2 unspecified atom stereocenters. The molecule has 2 saturated heterocycles. The van der Waals surface area contributed by atoms with E-state index in [1.54, 1.807) is 0 Å². The van der Waals surface area contributed by atoms with Gasteiger partial charge in [0.15, 0.2) is 0 Å². The number of nitrogens with zero attached hydrogens (tertiary/aromatic N) is 1. The van der Waals surface area contributed by atoms with Gasteiger partial charge < -0.3 is 15.0 Å². The zero-order chi connectivity index (χ0) is 10.2. The number of nitrogens with one attached hydrogen (secondary N) is 1. The molecule has 0 aromatic carbocycles. The number of amides is 1. The summed E-state index contributed by atoms with van der Waals surface area (Å²) < 4.78 is 5.28. The molecule has 0 aromatic rings. The molecule has 2 rings (SSSR count). The van der Waals surface area contributed by atoms with Gasteiger partial charge in [0.1, 0.15) is 5.60 Å². The minimum Gasteiger partial charge on any atom is -0.441 e. The van der Waals surface area contributed by atoms with Gasteiger partial charge >= 0.3 is 6.09 Å². The van der Waals surface area contributed by atoms with Crippen molar-refractivity contribution in [2.75, 3.05) is 20.1 Å². The van der Waals surface area contributed by atoms with Crippen molar-refractivity contribution in [1.29, 1.82) is 0 Å². The second-order valence-electron chi connectivity index (χ2n) is 4.67. The van der Waals surface area contributed by atoms with Gasteiger partial charge in [-0.1, -0.05) is 0 Å². The van der Waals surface area contributed by atoms with Crippen LogP contribution in [0.2, 0.25) is 0 Å². The van der Waals surface area contributed by atoms with Gasteiger partial charge in [0.2, 0.25) is 0 Å². The number of hydrogen-bond acceptors (Lipinski definition) is 3. The minimum absolute atomic E-state index is 0.270. The van der Waals surface area contributed by atoms with Crippen LogP contribution < -0.4 is 5.32 Å². The first kappa shape index (κ1) is 9.77. The van der Waals surface area contributed by atoms with E-state index in [2.05, 4.69) is 17.3 Å². The molecule has 0 spiro atoms. The quantitative estimate of drug-likeness (QED) is 0.719. The summed E-state index contributed by atoms with van der Waals surface area (Å²) in [6, 6.07) is 0.577. The lowest BCUT2D eigenvalue weighted by Gasteiger charge is -2.28. The normalized spacial score (nSPS) is 38.4. The van der Waals surface area contributed by atoms with Crippen molar-refractivity contribution in [3.63, 3.8) is 0 Å². The number of likely N-dealkylation sites (tertiary alicyclic amines) is 1. The van der Waals surface area contributed by atoms with E-state index >= 15 is 0 Å². The van der Waals surface area contributed by atoms with E-state index < -0.39 is 0 Å². The first-order chi connectivity index (χ1) is 6.59. The molecule has 0 radical (unpaired) electrons. The molecule has 2 aliphatic rings.